The van der Waals surface area contributed by atoms with E-state index in [-0.39, 0.29) is 12.0 Å². The van der Waals surface area contributed by atoms with Crippen molar-refractivity contribution in [3.8, 4) is 0 Å². The van der Waals surface area contributed by atoms with Crippen molar-refractivity contribution < 1.29 is 18.3 Å². The Bertz CT molecular complexity index is 733. The molecule has 1 unspecified atom stereocenters. The van der Waals surface area contributed by atoms with Crippen LogP contribution in [0.4, 0.5) is 4.39 Å². The second-order valence-electron chi connectivity index (χ2n) is 7.47. The van der Waals surface area contributed by atoms with Crippen LogP contribution in [0.25, 0.3) is 0 Å². The predicted octanol–water partition coefficient (Wildman–Crippen LogP) is 3.42. The SMILES string of the molecule is CC(C)CN(CC1CN(Cc2ccoc2)CCO1)C(=O)c1cccc(F)c1. The largest absolute Gasteiger partial charge is 0.472 e. The van der Waals surface area contributed by atoms with Gasteiger partial charge < -0.3 is 14.1 Å². The van der Waals surface area contributed by atoms with Gasteiger partial charge in [-0.05, 0) is 30.2 Å². The van der Waals surface area contributed by atoms with Gasteiger partial charge in [0.05, 0.1) is 25.2 Å². The Balaban J connectivity index is 1.65. The lowest BCUT2D eigenvalue weighted by Crippen LogP contribution is -2.49. The van der Waals surface area contributed by atoms with Gasteiger partial charge in [0.25, 0.3) is 5.91 Å². The average molecular weight is 374 g/mol. The predicted molar refractivity (Wildman–Crippen MR) is 101 cm³/mol. The van der Waals surface area contributed by atoms with E-state index in [9.17, 15) is 9.18 Å². The number of halogens is 1. The van der Waals surface area contributed by atoms with Crippen LogP contribution in [0, 0.1) is 11.7 Å². The number of ether oxygens (including phenoxy) is 1. The van der Waals surface area contributed by atoms with Gasteiger partial charge in [-0.15, -0.1) is 0 Å². The van der Waals surface area contributed by atoms with Crippen LogP contribution < -0.4 is 0 Å². The van der Waals surface area contributed by atoms with Crippen molar-refractivity contribution in [3.05, 3.63) is 59.8 Å². The molecule has 2 aromatic rings. The highest BCUT2D eigenvalue weighted by Crippen LogP contribution is 2.15. The summed E-state index contributed by atoms with van der Waals surface area (Å²) in [5, 5.41) is 0. The first-order valence-electron chi connectivity index (χ1n) is 9.41. The van der Waals surface area contributed by atoms with Gasteiger partial charge in [-0.2, -0.15) is 0 Å². The van der Waals surface area contributed by atoms with E-state index in [4.69, 9.17) is 9.15 Å². The molecule has 1 atom stereocenters. The lowest BCUT2D eigenvalue weighted by molar-refractivity contribution is -0.0438. The van der Waals surface area contributed by atoms with Crippen LogP contribution in [-0.2, 0) is 11.3 Å². The first kappa shape index (κ1) is 19.6. The van der Waals surface area contributed by atoms with Crippen LogP contribution in [0.5, 0.6) is 0 Å². The molecular formula is C21H27FN2O3. The summed E-state index contributed by atoms with van der Waals surface area (Å²) in [7, 11) is 0. The Hall–Kier alpha value is -2.18. The Morgan fingerprint density at radius 2 is 2.22 bits per heavy atom. The van der Waals surface area contributed by atoms with E-state index in [2.05, 4.69) is 18.7 Å². The molecule has 146 valence electrons. The molecular weight excluding hydrogens is 347 g/mol. The molecule has 0 N–H and O–H groups in total. The van der Waals surface area contributed by atoms with Gasteiger partial charge >= 0.3 is 0 Å². The Morgan fingerprint density at radius 3 is 2.93 bits per heavy atom. The van der Waals surface area contributed by atoms with Crippen molar-refractivity contribution in [2.45, 2.75) is 26.5 Å². The standard InChI is InChI=1S/C21H27FN2O3/c1-16(2)11-24(21(25)18-4-3-5-19(22)10-18)14-20-13-23(7-9-27-20)12-17-6-8-26-15-17/h3-6,8,10,15-16,20H,7,9,11-14H2,1-2H3. The van der Waals surface area contributed by atoms with Crippen molar-refractivity contribution >= 4 is 5.91 Å². The van der Waals surface area contributed by atoms with Crippen LogP contribution in [0.3, 0.4) is 0 Å². The summed E-state index contributed by atoms with van der Waals surface area (Å²) in [6.07, 6.45) is 3.36. The van der Waals surface area contributed by atoms with Gasteiger partial charge in [0.2, 0.25) is 0 Å². The molecule has 1 fully saturated rings. The molecule has 1 aliphatic heterocycles. The van der Waals surface area contributed by atoms with E-state index in [1.807, 2.05) is 6.07 Å². The molecule has 1 aromatic carbocycles. The minimum Gasteiger partial charge on any atom is -0.472 e. The van der Waals surface area contributed by atoms with Gasteiger partial charge in [-0.25, -0.2) is 4.39 Å². The molecule has 0 radical (unpaired) electrons. The molecule has 6 heteroatoms. The number of amides is 1. The summed E-state index contributed by atoms with van der Waals surface area (Å²) in [6, 6.07) is 7.83. The summed E-state index contributed by atoms with van der Waals surface area (Å²) in [6.45, 7) is 8.27. The number of benzene rings is 1. The van der Waals surface area contributed by atoms with E-state index >= 15 is 0 Å². The van der Waals surface area contributed by atoms with Crippen molar-refractivity contribution in [2.24, 2.45) is 5.92 Å². The van der Waals surface area contributed by atoms with Crippen molar-refractivity contribution in [2.75, 3.05) is 32.8 Å². The minimum atomic E-state index is -0.398. The fraction of sp³-hybridized carbons (Fsp3) is 0.476. The highest BCUT2D eigenvalue weighted by molar-refractivity contribution is 5.94. The zero-order chi connectivity index (χ0) is 19.2. The fourth-order valence-electron chi connectivity index (χ4n) is 3.41. The number of hydrogen-bond donors (Lipinski definition) is 0. The zero-order valence-corrected chi connectivity index (χ0v) is 15.9. The molecule has 1 saturated heterocycles. The third kappa shape index (κ3) is 5.65. The molecule has 0 bridgehead atoms. The number of morpholine rings is 1. The average Bonchev–Trinajstić information content (AvgIpc) is 3.13. The fourth-order valence-corrected chi connectivity index (χ4v) is 3.41. The molecule has 27 heavy (non-hydrogen) atoms. The highest BCUT2D eigenvalue weighted by Gasteiger charge is 2.26. The summed E-state index contributed by atoms with van der Waals surface area (Å²) in [5.74, 6) is -0.238. The van der Waals surface area contributed by atoms with Crippen LogP contribution in [0.2, 0.25) is 0 Å². The Morgan fingerprint density at radius 1 is 1.37 bits per heavy atom. The number of carbonyl (C=O) groups is 1. The highest BCUT2D eigenvalue weighted by atomic mass is 19.1. The molecule has 0 aliphatic carbocycles. The maximum absolute atomic E-state index is 13.5. The van der Waals surface area contributed by atoms with E-state index in [0.717, 1.165) is 25.2 Å². The third-order valence-corrected chi connectivity index (χ3v) is 4.58. The maximum Gasteiger partial charge on any atom is 0.254 e. The summed E-state index contributed by atoms with van der Waals surface area (Å²) >= 11 is 0. The number of rotatable bonds is 7. The third-order valence-electron chi connectivity index (χ3n) is 4.58. The second-order valence-corrected chi connectivity index (χ2v) is 7.47. The molecule has 0 saturated carbocycles. The second kappa shape index (κ2) is 9.15. The lowest BCUT2D eigenvalue weighted by Gasteiger charge is -2.36. The molecule has 3 rings (SSSR count). The molecule has 0 spiro atoms. The number of carbonyl (C=O) groups excluding carboxylic acids is 1. The quantitative estimate of drug-likeness (QED) is 0.745. The van der Waals surface area contributed by atoms with Gasteiger partial charge in [-0.3, -0.25) is 9.69 Å². The molecule has 2 heterocycles. The molecule has 1 aliphatic rings. The van der Waals surface area contributed by atoms with Crippen molar-refractivity contribution in [1.82, 2.24) is 9.80 Å². The maximum atomic E-state index is 13.5. The summed E-state index contributed by atoms with van der Waals surface area (Å²) < 4.78 is 24.6. The monoisotopic (exact) mass is 374 g/mol. The normalized spacial score (nSPS) is 18.0. The van der Waals surface area contributed by atoms with Crippen LogP contribution in [-0.4, -0.2) is 54.6 Å². The minimum absolute atomic E-state index is 0.0677. The van der Waals surface area contributed by atoms with Gasteiger partial charge in [-0.1, -0.05) is 19.9 Å². The zero-order valence-electron chi connectivity index (χ0n) is 15.9. The first-order chi connectivity index (χ1) is 13.0. The first-order valence-corrected chi connectivity index (χ1v) is 9.41. The van der Waals surface area contributed by atoms with Gasteiger partial charge in [0.15, 0.2) is 0 Å². The Labute approximate surface area is 159 Å². The van der Waals surface area contributed by atoms with Gasteiger partial charge in [0, 0.05) is 43.9 Å². The van der Waals surface area contributed by atoms with E-state index in [1.54, 1.807) is 29.6 Å². The summed E-state index contributed by atoms with van der Waals surface area (Å²) in [5.41, 5.74) is 1.51. The van der Waals surface area contributed by atoms with Crippen LogP contribution >= 0.6 is 0 Å². The van der Waals surface area contributed by atoms with E-state index < -0.39 is 5.82 Å². The number of nitrogens with zero attached hydrogens (tertiary/aromatic N) is 2. The molecule has 1 amide bonds. The van der Waals surface area contributed by atoms with Crippen LogP contribution in [0.15, 0.2) is 47.3 Å². The number of furan rings is 1. The molecule has 1 aromatic heterocycles. The van der Waals surface area contributed by atoms with E-state index in [0.29, 0.717) is 31.2 Å². The van der Waals surface area contributed by atoms with Gasteiger partial charge in [0.1, 0.15) is 5.82 Å². The number of hydrogen-bond acceptors (Lipinski definition) is 4. The topological polar surface area (TPSA) is 45.9 Å². The van der Waals surface area contributed by atoms with Crippen LogP contribution in [0.1, 0.15) is 29.8 Å². The van der Waals surface area contributed by atoms with E-state index in [1.165, 1.54) is 12.1 Å². The molecule has 5 nitrogen and oxygen atoms in total. The lowest BCUT2D eigenvalue weighted by atomic mass is 10.1. The smallest absolute Gasteiger partial charge is 0.254 e. The van der Waals surface area contributed by atoms with Crippen molar-refractivity contribution in [1.29, 1.82) is 0 Å². The Kier molecular flexibility index (Phi) is 6.63. The van der Waals surface area contributed by atoms with Crippen molar-refractivity contribution in [3.63, 3.8) is 0 Å². The summed E-state index contributed by atoms with van der Waals surface area (Å²) in [4.78, 5) is 17.0.